The molecule has 0 unspecified atom stereocenters. The fraction of sp³-hybridized carbons (Fsp3) is 0.571. The van der Waals surface area contributed by atoms with Gasteiger partial charge in [0.15, 0.2) is 0 Å². The maximum Gasteiger partial charge on any atom is 0.408 e. The normalized spacial score (nSPS) is 16.8. The number of hydrogen-bond donors (Lipinski definition) is 3. The summed E-state index contributed by atoms with van der Waals surface area (Å²) in [5.74, 6) is -0.618. The number of unbranched alkanes of at least 4 members (excludes halogenated alkanes) is 1. The first-order valence-electron chi connectivity index (χ1n) is 16.1. The Bertz CT molecular complexity index is 1230. The second kappa shape index (κ2) is 18.1. The number of rotatable bonds is 14. The molecule has 2 rings (SSSR count). The molecule has 46 heavy (non-hydrogen) atoms. The summed E-state index contributed by atoms with van der Waals surface area (Å²) in [5, 5.41) is 8.59. The fourth-order valence-corrected chi connectivity index (χ4v) is 4.96. The van der Waals surface area contributed by atoms with Crippen LogP contribution in [0.3, 0.4) is 0 Å². The average Bonchev–Trinajstić information content (AvgIpc) is 3.46. The molecule has 11 nitrogen and oxygen atoms in total. The molecule has 0 aliphatic carbocycles. The number of amides is 4. The van der Waals surface area contributed by atoms with Crippen LogP contribution in [0.2, 0.25) is 0 Å². The molecular formula is C35H53N5O6. The van der Waals surface area contributed by atoms with Gasteiger partial charge in [-0.25, -0.2) is 9.59 Å². The highest BCUT2D eigenvalue weighted by Gasteiger charge is 2.38. The smallest absolute Gasteiger partial charge is 0.408 e. The van der Waals surface area contributed by atoms with Crippen LogP contribution < -0.4 is 16.0 Å². The highest BCUT2D eigenvalue weighted by Crippen LogP contribution is 2.24. The van der Waals surface area contributed by atoms with Crippen molar-refractivity contribution in [1.82, 2.24) is 20.9 Å². The van der Waals surface area contributed by atoms with Gasteiger partial charge in [0.05, 0.1) is 6.04 Å². The second-order valence-electron chi connectivity index (χ2n) is 13.3. The van der Waals surface area contributed by atoms with Crippen molar-refractivity contribution in [3.8, 4) is 0 Å². The van der Waals surface area contributed by atoms with Gasteiger partial charge in [-0.1, -0.05) is 43.0 Å². The third-order valence-corrected chi connectivity index (χ3v) is 6.97. The van der Waals surface area contributed by atoms with Crippen molar-refractivity contribution >= 4 is 29.7 Å². The Morgan fingerprint density at radius 1 is 1.00 bits per heavy atom. The van der Waals surface area contributed by atoms with Gasteiger partial charge in [-0.3, -0.25) is 14.6 Å². The minimum atomic E-state index is -0.907. The molecule has 1 fully saturated rings. The number of aliphatic imine (C=N–C) groups is 1. The Morgan fingerprint density at radius 3 is 2.26 bits per heavy atom. The average molecular weight is 640 g/mol. The Kier molecular flexibility index (Phi) is 15.0. The van der Waals surface area contributed by atoms with Gasteiger partial charge in [-0.2, -0.15) is 0 Å². The Labute approximate surface area is 274 Å². The molecule has 1 aliphatic heterocycles. The third kappa shape index (κ3) is 13.9. The SMILES string of the molecule is C=CC(C[C@H](NC(=O)[C@@H]1CCCN1C(=O)[C@H](CCCCNC(=O)OC(C)(C)C)NC(=O)OC(C)(C)C)c1ccccc1)=N/C=C\C. The summed E-state index contributed by atoms with van der Waals surface area (Å²) in [6.07, 6.45) is 6.91. The van der Waals surface area contributed by atoms with E-state index in [4.69, 9.17) is 9.47 Å². The van der Waals surface area contributed by atoms with Gasteiger partial charge in [0.2, 0.25) is 11.8 Å². The van der Waals surface area contributed by atoms with Crippen LogP contribution in [0.15, 0.2) is 60.3 Å². The summed E-state index contributed by atoms with van der Waals surface area (Å²) in [4.78, 5) is 58.4. The van der Waals surface area contributed by atoms with Gasteiger partial charge in [-0.15, -0.1) is 0 Å². The van der Waals surface area contributed by atoms with Crippen molar-refractivity contribution in [2.24, 2.45) is 4.99 Å². The van der Waals surface area contributed by atoms with Crippen molar-refractivity contribution in [2.45, 2.75) is 116 Å². The number of nitrogens with one attached hydrogen (secondary N) is 3. The molecule has 11 heteroatoms. The van der Waals surface area contributed by atoms with Crippen LogP contribution in [-0.2, 0) is 19.1 Å². The van der Waals surface area contributed by atoms with Crippen molar-refractivity contribution in [1.29, 1.82) is 0 Å². The van der Waals surface area contributed by atoms with E-state index in [9.17, 15) is 19.2 Å². The Balaban J connectivity index is 2.17. The van der Waals surface area contributed by atoms with Crippen molar-refractivity contribution in [2.75, 3.05) is 13.1 Å². The number of benzene rings is 1. The van der Waals surface area contributed by atoms with Crippen LogP contribution >= 0.6 is 0 Å². The van der Waals surface area contributed by atoms with E-state index in [1.165, 1.54) is 0 Å². The molecule has 0 spiro atoms. The number of likely N-dealkylation sites (tertiary alicyclic amines) is 1. The molecule has 1 heterocycles. The quantitative estimate of drug-likeness (QED) is 0.169. The molecule has 3 N–H and O–H groups in total. The molecule has 254 valence electrons. The lowest BCUT2D eigenvalue weighted by Gasteiger charge is -2.30. The highest BCUT2D eigenvalue weighted by atomic mass is 16.6. The summed E-state index contributed by atoms with van der Waals surface area (Å²) in [7, 11) is 0. The predicted molar refractivity (Wildman–Crippen MR) is 180 cm³/mol. The molecule has 0 bridgehead atoms. The number of ether oxygens (including phenoxy) is 2. The summed E-state index contributed by atoms with van der Waals surface area (Å²) in [6, 6.07) is 7.62. The lowest BCUT2D eigenvalue weighted by atomic mass is 10.00. The largest absolute Gasteiger partial charge is 0.444 e. The minimum Gasteiger partial charge on any atom is -0.444 e. The van der Waals surface area contributed by atoms with Crippen LogP contribution in [-0.4, -0.2) is 71.0 Å². The zero-order chi connectivity index (χ0) is 34.3. The topological polar surface area (TPSA) is 138 Å². The number of carbonyl (C=O) groups is 4. The van der Waals surface area contributed by atoms with E-state index in [1.807, 2.05) is 43.3 Å². The monoisotopic (exact) mass is 639 g/mol. The van der Waals surface area contributed by atoms with E-state index in [0.29, 0.717) is 51.6 Å². The molecule has 3 atom stereocenters. The predicted octanol–water partition coefficient (Wildman–Crippen LogP) is 5.97. The van der Waals surface area contributed by atoms with Crippen molar-refractivity contribution < 1.29 is 28.7 Å². The third-order valence-electron chi connectivity index (χ3n) is 6.97. The van der Waals surface area contributed by atoms with E-state index < -0.39 is 35.5 Å². The zero-order valence-electron chi connectivity index (χ0n) is 28.6. The first-order chi connectivity index (χ1) is 21.6. The van der Waals surface area contributed by atoms with Gasteiger partial charge >= 0.3 is 12.2 Å². The molecule has 1 aromatic rings. The maximum absolute atomic E-state index is 13.9. The molecule has 0 saturated carbocycles. The maximum atomic E-state index is 13.9. The number of carbonyl (C=O) groups excluding carboxylic acids is 4. The lowest BCUT2D eigenvalue weighted by Crippen LogP contribution is -2.54. The van der Waals surface area contributed by atoms with E-state index in [-0.39, 0.29) is 17.9 Å². The van der Waals surface area contributed by atoms with Crippen molar-refractivity contribution in [3.05, 3.63) is 60.8 Å². The molecule has 0 aromatic heterocycles. The molecule has 1 aromatic carbocycles. The van der Waals surface area contributed by atoms with E-state index >= 15 is 0 Å². The van der Waals surface area contributed by atoms with Crippen LogP contribution in [0.5, 0.6) is 0 Å². The zero-order valence-corrected chi connectivity index (χ0v) is 28.6. The minimum absolute atomic E-state index is 0.272. The molecule has 1 aliphatic rings. The Hall–Kier alpha value is -4.15. The highest BCUT2D eigenvalue weighted by molar-refractivity contribution is 5.96. The summed E-state index contributed by atoms with van der Waals surface area (Å²) in [5.41, 5.74) is 0.269. The van der Waals surface area contributed by atoms with Crippen LogP contribution in [0.4, 0.5) is 9.59 Å². The summed E-state index contributed by atoms with van der Waals surface area (Å²) < 4.78 is 10.7. The van der Waals surface area contributed by atoms with Gasteiger partial charge < -0.3 is 30.3 Å². The number of allylic oxidation sites excluding steroid dienone is 2. The molecule has 1 saturated heterocycles. The summed E-state index contributed by atoms with van der Waals surface area (Å²) in [6.45, 7) is 17.1. The first-order valence-corrected chi connectivity index (χ1v) is 16.1. The van der Waals surface area contributed by atoms with Crippen LogP contribution in [0.1, 0.15) is 98.6 Å². The molecular weight excluding hydrogens is 586 g/mol. The molecule has 0 radical (unpaired) electrons. The number of alkyl carbamates (subject to hydrolysis) is 2. The van der Waals surface area contributed by atoms with Crippen molar-refractivity contribution in [3.63, 3.8) is 0 Å². The first kappa shape index (κ1) is 38.0. The standard InChI is InChI=1S/C35H53N5O6/c1-9-21-36-26(10-2)24-28(25-17-12-11-13-18-25)38-30(41)29-20-16-23-40(29)31(42)27(39-33(44)46-35(6,7)8)19-14-15-22-37-32(43)45-34(3,4)5/h9-13,17-18,21,27-29H,2,14-16,19-20,22-24H2,1,3-8H3,(H,37,43)(H,38,41)(H,39,44)/b21-9-,36-26?/t27-,28-,29-/m0/s1. The van der Waals surface area contributed by atoms with Gasteiger partial charge in [0, 0.05) is 31.4 Å². The number of nitrogens with zero attached hydrogens (tertiary/aromatic N) is 2. The van der Waals surface area contributed by atoms with Gasteiger partial charge in [-0.05, 0) is 92.2 Å². The van der Waals surface area contributed by atoms with Gasteiger partial charge in [0.25, 0.3) is 0 Å². The van der Waals surface area contributed by atoms with E-state index in [2.05, 4.69) is 27.5 Å². The van der Waals surface area contributed by atoms with Gasteiger partial charge in [0.1, 0.15) is 23.3 Å². The van der Waals surface area contributed by atoms with E-state index in [1.54, 1.807) is 58.7 Å². The van der Waals surface area contributed by atoms with Crippen LogP contribution in [0, 0.1) is 0 Å². The molecule has 4 amide bonds. The van der Waals surface area contributed by atoms with Crippen LogP contribution in [0.25, 0.3) is 0 Å². The van der Waals surface area contributed by atoms with E-state index in [0.717, 1.165) is 11.3 Å². The number of hydrogen-bond acceptors (Lipinski definition) is 7. The fourth-order valence-electron chi connectivity index (χ4n) is 4.96. The summed E-state index contributed by atoms with van der Waals surface area (Å²) >= 11 is 0. The lowest BCUT2D eigenvalue weighted by molar-refractivity contribution is -0.140. The second-order valence-corrected chi connectivity index (χ2v) is 13.3. The Morgan fingerprint density at radius 2 is 1.65 bits per heavy atom.